The van der Waals surface area contributed by atoms with Crippen LogP contribution in [0.15, 0.2) is 12.0 Å². The Labute approximate surface area is 92.0 Å². The van der Waals surface area contributed by atoms with Crippen LogP contribution < -0.4 is 21.2 Å². The van der Waals surface area contributed by atoms with Crippen LogP contribution in [0.1, 0.15) is 23.0 Å². The molecule has 0 spiro atoms. The van der Waals surface area contributed by atoms with Gasteiger partial charge in [0.1, 0.15) is 0 Å². The molecule has 4 heteroatoms. The molecule has 0 amide bonds. The van der Waals surface area contributed by atoms with Crippen molar-refractivity contribution in [1.29, 1.82) is 0 Å². The SMILES string of the molecule is C=C(O)c1csc(C2CC[I-]C2)n1. The maximum absolute atomic E-state index is 9.14. The summed E-state index contributed by atoms with van der Waals surface area (Å²) in [6, 6.07) is 0. The number of nitrogens with zero attached hydrogens (tertiary/aromatic N) is 1. The van der Waals surface area contributed by atoms with Crippen LogP contribution in [0.3, 0.4) is 0 Å². The monoisotopic (exact) mass is 308 g/mol. The number of alkyl halides is 2. The second-order valence-electron chi connectivity index (χ2n) is 3.04. The van der Waals surface area contributed by atoms with E-state index in [1.165, 1.54) is 20.3 Å². The van der Waals surface area contributed by atoms with E-state index in [4.69, 9.17) is 5.11 Å². The summed E-state index contributed by atoms with van der Waals surface area (Å²) in [5.74, 6) is 0.779. The van der Waals surface area contributed by atoms with Gasteiger partial charge in [-0.15, -0.1) is 0 Å². The summed E-state index contributed by atoms with van der Waals surface area (Å²) in [7, 11) is 0. The summed E-state index contributed by atoms with van der Waals surface area (Å²) < 4.78 is 2.79. The molecule has 1 aromatic rings. The van der Waals surface area contributed by atoms with E-state index in [1.807, 2.05) is 5.38 Å². The third-order valence-corrected chi connectivity index (χ3v) is 6.13. The van der Waals surface area contributed by atoms with Gasteiger partial charge in [0.15, 0.2) is 0 Å². The minimum atomic E-state index is 0.0928. The van der Waals surface area contributed by atoms with Gasteiger partial charge in [0, 0.05) is 0 Å². The molecule has 0 bridgehead atoms. The molecule has 2 nitrogen and oxygen atoms in total. The molecule has 1 atom stereocenters. The normalized spacial score (nSPS) is 22.6. The second kappa shape index (κ2) is 3.96. The number of aliphatic hydroxyl groups excluding tert-OH is 1. The van der Waals surface area contributed by atoms with Crippen LogP contribution in [0.25, 0.3) is 5.76 Å². The van der Waals surface area contributed by atoms with Crippen molar-refractivity contribution in [3.8, 4) is 0 Å². The molecule has 0 saturated carbocycles. The Morgan fingerprint density at radius 2 is 2.62 bits per heavy atom. The van der Waals surface area contributed by atoms with Crippen LogP contribution in [0.2, 0.25) is 0 Å². The first kappa shape index (κ1) is 9.45. The van der Waals surface area contributed by atoms with Gasteiger partial charge in [0.2, 0.25) is 0 Å². The quantitative estimate of drug-likeness (QED) is 0.443. The molecular formula is C9H11INOS-. The van der Waals surface area contributed by atoms with E-state index in [1.54, 1.807) is 11.3 Å². The molecular weight excluding hydrogens is 297 g/mol. The second-order valence-corrected chi connectivity index (χ2v) is 6.96. The molecule has 1 aliphatic rings. The number of thiazole rings is 1. The molecule has 1 N–H and O–H groups in total. The molecule has 2 rings (SSSR count). The third-order valence-electron chi connectivity index (χ3n) is 2.05. The fraction of sp³-hybridized carbons (Fsp3) is 0.444. The fourth-order valence-corrected chi connectivity index (χ4v) is 5.80. The number of halogens is 1. The summed E-state index contributed by atoms with van der Waals surface area (Å²) in [6.07, 6.45) is 1.30. The first-order chi connectivity index (χ1) is 6.27. The Hall–Kier alpha value is -0.100. The minimum absolute atomic E-state index is 0.0928. The first-order valence-electron chi connectivity index (χ1n) is 4.14. The van der Waals surface area contributed by atoms with E-state index in [2.05, 4.69) is 11.6 Å². The van der Waals surface area contributed by atoms with Gasteiger partial charge >= 0.3 is 92.2 Å². The van der Waals surface area contributed by atoms with Crippen molar-refractivity contribution < 1.29 is 26.3 Å². The molecule has 1 aliphatic heterocycles. The number of aromatic nitrogens is 1. The fourth-order valence-electron chi connectivity index (χ4n) is 1.29. The molecule has 0 radical (unpaired) electrons. The number of hydrogen-bond donors (Lipinski definition) is 1. The van der Waals surface area contributed by atoms with Crippen LogP contribution >= 0.6 is 11.3 Å². The molecule has 13 heavy (non-hydrogen) atoms. The van der Waals surface area contributed by atoms with Crippen molar-refractivity contribution >= 4 is 17.1 Å². The predicted octanol–water partition coefficient (Wildman–Crippen LogP) is -0.752. The van der Waals surface area contributed by atoms with Crippen molar-refractivity contribution in [2.45, 2.75) is 12.3 Å². The van der Waals surface area contributed by atoms with Crippen molar-refractivity contribution in [1.82, 2.24) is 4.98 Å². The topological polar surface area (TPSA) is 33.1 Å². The first-order valence-corrected chi connectivity index (χ1v) is 8.07. The zero-order chi connectivity index (χ0) is 9.26. The van der Waals surface area contributed by atoms with Gasteiger partial charge in [0.05, 0.1) is 0 Å². The molecule has 0 aliphatic carbocycles. The summed E-state index contributed by atoms with van der Waals surface area (Å²) in [5, 5.41) is 12.2. The standard InChI is InChI=1S/C9H11INOS/c1-6(12)8-5-13-9(11-8)7-2-3-10-4-7/h5,7,12H,1-4H2/q-1. The van der Waals surface area contributed by atoms with Gasteiger partial charge in [-0.1, -0.05) is 0 Å². The molecule has 1 saturated heterocycles. The molecule has 72 valence electrons. The predicted molar refractivity (Wildman–Crippen MR) is 50.9 cm³/mol. The number of hydrogen-bond acceptors (Lipinski definition) is 3. The Kier molecular flexibility index (Phi) is 2.88. The van der Waals surface area contributed by atoms with Crippen molar-refractivity contribution in [2.75, 3.05) is 8.86 Å². The summed E-state index contributed by atoms with van der Waals surface area (Å²) >= 11 is 2.11. The van der Waals surface area contributed by atoms with E-state index < -0.39 is 0 Å². The summed E-state index contributed by atoms with van der Waals surface area (Å²) in [6.45, 7) is 3.47. The number of rotatable bonds is 2. The third kappa shape index (κ3) is 2.04. The van der Waals surface area contributed by atoms with E-state index >= 15 is 0 Å². The summed E-state index contributed by atoms with van der Waals surface area (Å²) in [5.41, 5.74) is 0.658. The summed E-state index contributed by atoms with van der Waals surface area (Å²) in [4.78, 5) is 4.38. The maximum atomic E-state index is 9.14. The molecule has 1 unspecified atom stereocenters. The zero-order valence-corrected chi connectivity index (χ0v) is 10.1. The van der Waals surface area contributed by atoms with Gasteiger partial charge in [-0.25, -0.2) is 0 Å². The van der Waals surface area contributed by atoms with Crippen LogP contribution in [0, 0.1) is 0 Å². The van der Waals surface area contributed by atoms with E-state index in [-0.39, 0.29) is 5.76 Å². The average Bonchev–Trinajstić information content (AvgIpc) is 2.75. The number of aliphatic hydroxyl groups is 1. The van der Waals surface area contributed by atoms with Crippen LogP contribution in [-0.4, -0.2) is 18.9 Å². The molecule has 1 fully saturated rings. The van der Waals surface area contributed by atoms with Crippen molar-refractivity contribution in [2.24, 2.45) is 0 Å². The zero-order valence-electron chi connectivity index (χ0n) is 7.16. The molecule has 0 aromatic carbocycles. The van der Waals surface area contributed by atoms with Crippen molar-refractivity contribution in [3.05, 3.63) is 22.7 Å². The Balaban J connectivity index is 2.16. The van der Waals surface area contributed by atoms with Gasteiger partial charge in [-0.05, 0) is 0 Å². The van der Waals surface area contributed by atoms with E-state index in [0.29, 0.717) is 32.8 Å². The van der Waals surface area contributed by atoms with Crippen LogP contribution in [-0.2, 0) is 0 Å². The Morgan fingerprint density at radius 3 is 3.15 bits per heavy atom. The van der Waals surface area contributed by atoms with Crippen LogP contribution in [0.4, 0.5) is 0 Å². The molecule has 2 heterocycles. The van der Waals surface area contributed by atoms with Gasteiger partial charge in [-0.2, -0.15) is 0 Å². The van der Waals surface area contributed by atoms with E-state index in [0.717, 1.165) is 0 Å². The molecule has 1 aromatic heterocycles. The van der Waals surface area contributed by atoms with E-state index in [9.17, 15) is 0 Å². The Morgan fingerprint density at radius 1 is 1.77 bits per heavy atom. The van der Waals surface area contributed by atoms with Crippen molar-refractivity contribution in [3.63, 3.8) is 0 Å². The van der Waals surface area contributed by atoms with Crippen LogP contribution in [0.5, 0.6) is 0 Å². The van der Waals surface area contributed by atoms with Gasteiger partial charge in [-0.3, -0.25) is 0 Å². The Bertz CT molecular complexity index is 317. The van der Waals surface area contributed by atoms with Gasteiger partial charge < -0.3 is 0 Å². The average molecular weight is 308 g/mol. The van der Waals surface area contributed by atoms with Gasteiger partial charge in [0.25, 0.3) is 0 Å².